The Morgan fingerprint density at radius 3 is 1.09 bits per heavy atom. The topological polar surface area (TPSA) is 78.9 Å². The summed E-state index contributed by atoms with van der Waals surface area (Å²) in [5.41, 5.74) is 0. The second kappa shape index (κ2) is 46.8. The molecule has 0 amide bonds. The Kier molecular flexibility index (Phi) is 44.5. The third kappa shape index (κ3) is 44.2. The highest BCUT2D eigenvalue weighted by Gasteiger charge is 2.19. The van der Waals surface area contributed by atoms with E-state index in [1.165, 1.54) is 96.3 Å². The molecule has 0 radical (unpaired) electrons. The molecular weight excluding hydrogens is 721 g/mol. The van der Waals surface area contributed by atoms with Gasteiger partial charge in [-0.1, -0.05) is 197 Å². The van der Waals surface area contributed by atoms with Crippen molar-refractivity contribution in [1.29, 1.82) is 0 Å². The van der Waals surface area contributed by atoms with Gasteiger partial charge in [-0.2, -0.15) is 0 Å². The Morgan fingerprint density at radius 1 is 0.362 bits per heavy atom. The molecule has 0 bridgehead atoms. The van der Waals surface area contributed by atoms with Crippen LogP contribution < -0.4 is 0 Å². The molecule has 0 spiro atoms. The van der Waals surface area contributed by atoms with Crippen LogP contribution in [0.25, 0.3) is 0 Å². The quantitative estimate of drug-likeness (QED) is 0.0264. The Hall–Kier alpha value is -2.89. The molecule has 0 aliphatic heterocycles. The van der Waals surface area contributed by atoms with Crippen molar-refractivity contribution in [2.45, 2.75) is 239 Å². The average molecular weight is 811 g/mol. The zero-order chi connectivity index (χ0) is 42.3. The van der Waals surface area contributed by atoms with Gasteiger partial charge >= 0.3 is 17.9 Å². The molecule has 0 saturated heterocycles. The van der Waals surface area contributed by atoms with Crippen molar-refractivity contribution < 1.29 is 28.6 Å². The van der Waals surface area contributed by atoms with Crippen LogP contribution in [-0.4, -0.2) is 37.2 Å². The molecule has 6 heteroatoms. The number of carbonyl (C=O) groups excluding carboxylic acids is 3. The van der Waals surface area contributed by atoms with Crippen LogP contribution in [0.3, 0.4) is 0 Å². The fraction of sp³-hybridized carbons (Fsp3) is 0.750. The molecule has 0 rings (SSSR count). The Labute approximate surface area is 358 Å². The fourth-order valence-corrected chi connectivity index (χ4v) is 6.67. The van der Waals surface area contributed by atoms with Crippen molar-refractivity contribution in [3.63, 3.8) is 0 Å². The largest absolute Gasteiger partial charge is 0.462 e. The second-order valence-electron chi connectivity index (χ2n) is 16.0. The first kappa shape index (κ1) is 55.1. The first-order valence-corrected chi connectivity index (χ1v) is 24.3. The zero-order valence-electron chi connectivity index (χ0n) is 38.0. The molecule has 58 heavy (non-hydrogen) atoms. The van der Waals surface area contributed by atoms with E-state index in [1.54, 1.807) is 0 Å². The Bertz CT molecular complexity index is 1070. The molecule has 0 aromatic rings. The Balaban J connectivity index is 4.42. The summed E-state index contributed by atoms with van der Waals surface area (Å²) in [6.07, 6.45) is 56.3. The van der Waals surface area contributed by atoms with Crippen LogP contribution in [0.1, 0.15) is 233 Å². The summed E-state index contributed by atoms with van der Waals surface area (Å²) in [5.74, 6) is -0.935. The van der Waals surface area contributed by atoms with Crippen molar-refractivity contribution in [2.24, 2.45) is 0 Å². The fourth-order valence-electron chi connectivity index (χ4n) is 6.67. The lowest BCUT2D eigenvalue weighted by molar-refractivity contribution is -0.167. The van der Waals surface area contributed by atoms with Crippen LogP contribution in [0.2, 0.25) is 0 Å². The highest BCUT2D eigenvalue weighted by molar-refractivity contribution is 5.71. The lowest BCUT2D eigenvalue weighted by atomic mass is 10.0. The second-order valence-corrected chi connectivity index (χ2v) is 16.0. The summed E-state index contributed by atoms with van der Waals surface area (Å²) in [7, 11) is 0. The normalized spacial score (nSPS) is 12.5. The van der Waals surface area contributed by atoms with Gasteiger partial charge in [-0.3, -0.25) is 14.4 Å². The lowest BCUT2D eigenvalue weighted by Crippen LogP contribution is -2.30. The molecular formula is C52H90O6. The standard InChI is InChI=1S/C52H90O6/c1-4-7-10-13-16-19-22-25-27-30-33-36-39-42-45-51(54)57-48-49(47-56-50(53)44-41-38-35-32-29-24-21-18-15-12-9-6-3)58-52(55)46-43-40-37-34-31-28-26-23-20-17-14-11-8-5-2/h7,9-10,12,16,18-19,21,29,32,49H,4-6,8,11,13-15,17,20,22-28,30-31,33-48H2,1-3H3/b10-7-,12-9-,19-16-,21-18-,32-29-. The minimum absolute atomic E-state index is 0.0892. The van der Waals surface area contributed by atoms with Crippen LogP contribution in [0, 0.1) is 0 Å². The van der Waals surface area contributed by atoms with E-state index in [4.69, 9.17) is 14.2 Å². The summed E-state index contributed by atoms with van der Waals surface area (Å²) in [4.78, 5) is 37.8. The first-order chi connectivity index (χ1) is 28.5. The summed E-state index contributed by atoms with van der Waals surface area (Å²) in [6.45, 7) is 6.37. The summed E-state index contributed by atoms with van der Waals surface area (Å²) >= 11 is 0. The number of allylic oxidation sites excluding steroid dienone is 10. The molecule has 1 unspecified atom stereocenters. The number of ether oxygens (including phenoxy) is 3. The number of hydrogen-bond acceptors (Lipinski definition) is 6. The van der Waals surface area contributed by atoms with Gasteiger partial charge < -0.3 is 14.2 Å². The van der Waals surface area contributed by atoms with Crippen molar-refractivity contribution >= 4 is 17.9 Å². The van der Waals surface area contributed by atoms with Crippen molar-refractivity contribution in [2.75, 3.05) is 13.2 Å². The highest BCUT2D eigenvalue weighted by Crippen LogP contribution is 2.15. The van der Waals surface area contributed by atoms with E-state index in [2.05, 4.69) is 81.5 Å². The van der Waals surface area contributed by atoms with Gasteiger partial charge in [-0.15, -0.1) is 0 Å². The predicted molar refractivity (Wildman–Crippen MR) is 247 cm³/mol. The third-order valence-corrected chi connectivity index (χ3v) is 10.3. The van der Waals surface area contributed by atoms with Gasteiger partial charge in [0, 0.05) is 19.3 Å². The predicted octanol–water partition coefficient (Wildman–Crippen LogP) is 15.7. The number of carbonyl (C=O) groups is 3. The smallest absolute Gasteiger partial charge is 0.306 e. The molecule has 0 aromatic heterocycles. The van der Waals surface area contributed by atoms with Gasteiger partial charge in [0.05, 0.1) is 0 Å². The minimum atomic E-state index is -0.789. The van der Waals surface area contributed by atoms with Crippen LogP contribution >= 0.6 is 0 Å². The van der Waals surface area contributed by atoms with Gasteiger partial charge in [0.25, 0.3) is 0 Å². The molecule has 0 saturated carbocycles. The van der Waals surface area contributed by atoms with Crippen molar-refractivity contribution in [3.05, 3.63) is 60.8 Å². The Morgan fingerprint density at radius 2 is 0.672 bits per heavy atom. The molecule has 0 fully saturated rings. The van der Waals surface area contributed by atoms with E-state index in [1.807, 2.05) is 0 Å². The summed E-state index contributed by atoms with van der Waals surface area (Å²) < 4.78 is 16.7. The molecule has 0 aliphatic carbocycles. The third-order valence-electron chi connectivity index (χ3n) is 10.3. The van der Waals surface area contributed by atoms with Crippen molar-refractivity contribution in [3.8, 4) is 0 Å². The number of esters is 3. The zero-order valence-corrected chi connectivity index (χ0v) is 38.0. The molecule has 0 aliphatic rings. The van der Waals surface area contributed by atoms with Gasteiger partial charge in [0.1, 0.15) is 13.2 Å². The van der Waals surface area contributed by atoms with Crippen molar-refractivity contribution in [1.82, 2.24) is 0 Å². The molecule has 6 nitrogen and oxygen atoms in total. The molecule has 0 aromatic carbocycles. The van der Waals surface area contributed by atoms with E-state index < -0.39 is 6.10 Å². The lowest BCUT2D eigenvalue weighted by Gasteiger charge is -2.18. The SMILES string of the molecule is CC/C=C\C/C=C\C/C=C\CCCCC(=O)OCC(COC(=O)CCCCCCCCC/C=C\C/C=C\CC)OC(=O)CCCCCCCCCCCCCCCC. The maximum atomic E-state index is 12.8. The highest BCUT2D eigenvalue weighted by atomic mass is 16.6. The van der Waals surface area contributed by atoms with E-state index >= 15 is 0 Å². The van der Waals surface area contributed by atoms with E-state index in [0.717, 1.165) is 96.3 Å². The number of unbranched alkanes of at least 4 members (excludes halogenated alkanes) is 22. The van der Waals surface area contributed by atoms with Gasteiger partial charge in [-0.25, -0.2) is 0 Å². The number of hydrogen-bond donors (Lipinski definition) is 0. The molecule has 0 heterocycles. The maximum absolute atomic E-state index is 12.8. The van der Waals surface area contributed by atoms with E-state index in [9.17, 15) is 14.4 Å². The van der Waals surface area contributed by atoms with Crippen LogP contribution in [0.4, 0.5) is 0 Å². The van der Waals surface area contributed by atoms with Gasteiger partial charge in [-0.05, 0) is 77.0 Å². The monoisotopic (exact) mass is 811 g/mol. The maximum Gasteiger partial charge on any atom is 0.306 e. The average Bonchev–Trinajstić information content (AvgIpc) is 3.22. The summed E-state index contributed by atoms with van der Waals surface area (Å²) in [5, 5.41) is 0. The van der Waals surface area contributed by atoms with Crippen LogP contribution in [0.5, 0.6) is 0 Å². The molecule has 0 N–H and O–H groups in total. The van der Waals surface area contributed by atoms with Gasteiger partial charge in [0.15, 0.2) is 6.10 Å². The molecule has 334 valence electrons. The first-order valence-electron chi connectivity index (χ1n) is 24.3. The number of rotatable bonds is 43. The van der Waals surface area contributed by atoms with Gasteiger partial charge in [0.2, 0.25) is 0 Å². The van der Waals surface area contributed by atoms with E-state index in [-0.39, 0.29) is 31.1 Å². The van der Waals surface area contributed by atoms with E-state index in [0.29, 0.717) is 19.3 Å². The van der Waals surface area contributed by atoms with Crippen LogP contribution in [0.15, 0.2) is 60.8 Å². The molecule has 1 atom stereocenters. The summed E-state index contributed by atoms with van der Waals surface area (Å²) in [6, 6.07) is 0. The van der Waals surface area contributed by atoms with Crippen LogP contribution in [-0.2, 0) is 28.6 Å². The minimum Gasteiger partial charge on any atom is -0.462 e.